The fourth-order valence-corrected chi connectivity index (χ4v) is 5.22. The van der Waals surface area contributed by atoms with Crippen LogP contribution in [0.15, 0.2) is 40.4 Å². The molecule has 0 bridgehead atoms. The van der Waals surface area contributed by atoms with Gasteiger partial charge in [-0.1, -0.05) is 0 Å². The maximum atomic E-state index is 12.1. The van der Waals surface area contributed by atoms with Gasteiger partial charge in [0.05, 0.1) is 6.61 Å². The van der Waals surface area contributed by atoms with Gasteiger partial charge in [0.15, 0.2) is 22.6 Å². The van der Waals surface area contributed by atoms with Crippen molar-refractivity contribution in [1.29, 1.82) is 0 Å². The average Bonchev–Trinajstić information content (AvgIpc) is 3.72. The number of benzene rings is 1. The number of carbonyl (C=O) groups is 1. The van der Waals surface area contributed by atoms with E-state index in [0.29, 0.717) is 29.1 Å². The predicted molar refractivity (Wildman–Crippen MR) is 159 cm³/mol. The van der Waals surface area contributed by atoms with Gasteiger partial charge in [-0.25, -0.2) is 9.97 Å². The second kappa shape index (κ2) is 12.9. The third-order valence-corrected chi connectivity index (χ3v) is 7.76. The molecule has 11 nitrogen and oxygen atoms in total. The monoisotopic (exact) mass is 565 g/mol. The number of aromatic nitrogens is 4. The molecule has 40 heavy (non-hydrogen) atoms. The first-order chi connectivity index (χ1) is 19.4. The van der Waals surface area contributed by atoms with Crippen molar-refractivity contribution >= 4 is 40.8 Å². The third-order valence-electron chi connectivity index (χ3n) is 6.88. The number of piperazine rings is 1. The molecule has 0 atom stereocenters. The number of hydrogen-bond acceptors (Lipinski definition) is 10. The smallest absolute Gasteiger partial charge is 0.227 e. The van der Waals surface area contributed by atoms with E-state index < -0.39 is 0 Å². The molecule has 214 valence electrons. The summed E-state index contributed by atoms with van der Waals surface area (Å²) in [5, 5.41) is 14.3. The van der Waals surface area contributed by atoms with Gasteiger partial charge in [-0.3, -0.25) is 14.8 Å². The second-order valence-electron chi connectivity index (χ2n) is 10.5. The molecule has 2 aromatic heterocycles. The van der Waals surface area contributed by atoms with E-state index in [-0.39, 0.29) is 11.8 Å². The Morgan fingerprint density at radius 3 is 2.52 bits per heavy atom. The predicted octanol–water partition coefficient (Wildman–Crippen LogP) is 3.83. The number of rotatable bonds is 12. The Bertz CT molecular complexity index is 1290. The van der Waals surface area contributed by atoms with Crippen LogP contribution in [0.25, 0.3) is 0 Å². The van der Waals surface area contributed by atoms with E-state index in [1.807, 2.05) is 44.2 Å². The van der Waals surface area contributed by atoms with Crippen LogP contribution in [0.2, 0.25) is 0 Å². The van der Waals surface area contributed by atoms with Crippen LogP contribution in [0.4, 0.5) is 23.1 Å². The quantitative estimate of drug-likeness (QED) is 0.280. The Balaban J connectivity index is 1.39. The van der Waals surface area contributed by atoms with Crippen molar-refractivity contribution in [1.82, 2.24) is 30.0 Å². The number of nitrogens with zero attached hydrogens (tertiary/aromatic N) is 6. The summed E-state index contributed by atoms with van der Waals surface area (Å²) in [7, 11) is 4.22. The molecular weight excluding hydrogens is 526 g/mol. The first kappa shape index (κ1) is 28.2. The summed E-state index contributed by atoms with van der Waals surface area (Å²) in [5.41, 5.74) is 1.75. The molecule has 1 aliphatic carbocycles. The summed E-state index contributed by atoms with van der Waals surface area (Å²) in [6.45, 7) is 10.1. The molecule has 1 aromatic carbocycles. The lowest BCUT2D eigenvalue weighted by Gasteiger charge is -2.36. The molecular formula is C28H39N9O2S. The second-order valence-corrected chi connectivity index (χ2v) is 11.6. The van der Waals surface area contributed by atoms with Crippen LogP contribution in [0, 0.1) is 12.8 Å². The Labute approximate surface area is 240 Å². The summed E-state index contributed by atoms with van der Waals surface area (Å²) in [6.07, 6.45) is 1.97. The van der Waals surface area contributed by atoms with E-state index >= 15 is 0 Å². The van der Waals surface area contributed by atoms with Gasteiger partial charge >= 0.3 is 0 Å². The molecule has 3 N–H and O–H groups in total. The van der Waals surface area contributed by atoms with E-state index in [0.717, 1.165) is 74.2 Å². The molecule has 3 aromatic rings. The number of anilines is 4. The van der Waals surface area contributed by atoms with Crippen molar-refractivity contribution in [2.45, 2.75) is 36.7 Å². The first-order valence-corrected chi connectivity index (χ1v) is 14.7. The Kier molecular flexibility index (Phi) is 9.08. The van der Waals surface area contributed by atoms with Crippen LogP contribution >= 0.6 is 11.8 Å². The van der Waals surface area contributed by atoms with Crippen molar-refractivity contribution in [2.75, 3.05) is 75.5 Å². The van der Waals surface area contributed by atoms with Crippen molar-refractivity contribution < 1.29 is 9.53 Å². The number of ether oxygens (including phenoxy) is 1. The molecule has 2 fully saturated rings. The van der Waals surface area contributed by atoms with Gasteiger partial charge in [-0.05, 0) is 76.8 Å². The van der Waals surface area contributed by atoms with E-state index in [9.17, 15) is 4.79 Å². The van der Waals surface area contributed by atoms with Gasteiger partial charge in [0.2, 0.25) is 11.7 Å². The molecule has 0 spiro atoms. The van der Waals surface area contributed by atoms with Gasteiger partial charge in [0.25, 0.3) is 0 Å². The van der Waals surface area contributed by atoms with Gasteiger partial charge in [0, 0.05) is 67.5 Å². The van der Waals surface area contributed by atoms with E-state index in [1.54, 1.807) is 0 Å². The third kappa shape index (κ3) is 7.43. The highest BCUT2D eigenvalue weighted by Gasteiger charge is 2.29. The minimum absolute atomic E-state index is 0.103. The molecule has 1 saturated carbocycles. The minimum atomic E-state index is 0.103. The molecule has 3 heterocycles. The van der Waals surface area contributed by atoms with E-state index in [2.05, 4.69) is 49.6 Å². The van der Waals surface area contributed by atoms with Gasteiger partial charge in [-0.15, -0.1) is 0 Å². The number of nitrogens with one attached hydrogen (secondary N) is 3. The first-order valence-electron chi connectivity index (χ1n) is 13.9. The largest absolute Gasteiger partial charge is 0.487 e. The molecule has 12 heteroatoms. The average molecular weight is 566 g/mol. The van der Waals surface area contributed by atoms with Gasteiger partial charge in [0.1, 0.15) is 0 Å². The standard InChI is InChI=1S/C28H39N9O2S/c1-5-39-24-25(30-23-18-19(2)33-34-23)31-28(32-26(24)37-16-14-36(15-17-37)13-12-35(3)4)40-22-10-8-21(9-11-22)29-27(38)20-6-7-20/h8-11,18,20H,5-7,12-17H2,1-4H3,(H,29,38)(H2,30,31,32,33,34). The number of H-pyrrole nitrogens is 1. The maximum Gasteiger partial charge on any atom is 0.227 e. The van der Waals surface area contributed by atoms with Crippen LogP contribution in [0.3, 0.4) is 0 Å². The molecule has 0 unspecified atom stereocenters. The fraction of sp³-hybridized carbons (Fsp3) is 0.500. The summed E-state index contributed by atoms with van der Waals surface area (Å²) in [5.74, 6) is 2.95. The number of amides is 1. The lowest BCUT2D eigenvalue weighted by atomic mass is 10.3. The highest BCUT2D eigenvalue weighted by atomic mass is 32.2. The normalized spacial score (nSPS) is 15.9. The zero-order valence-electron chi connectivity index (χ0n) is 23.7. The van der Waals surface area contributed by atoms with Crippen LogP contribution < -0.4 is 20.3 Å². The van der Waals surface area contributed by atoms with Crippen LogP contribution in [-0.4, -0.2) is 95.8 Å². The molecule has 5 rings (SSSR count). The number of carbonyl (C=O) groups excluding carboxylic acids is 1. The van der Waals surface area contributed by atoms with Crippen LogP contribution in [0.1, 0.15) is 25.5 Å². The van der Waals surface area contributed by atoms with Crippen molar-refractivity contribution in [3.8, 4) is 5.75 Å². The van der Waals surface area contributed by atoms with Crippen molar-refractivity contribution in [3.05, 3.63) is 36.0 Å². The molecule has 2 aliphatic rings. The van der Waals surface area contributed by atoms with E-state index in [4.69, 9.17) is 14.7 Å². The van der Waals surface area contributed by atoms with Crippen molar-refractivity contribution in [2.24, 2.45) is 5.92 Å². The Morgan fingerprint density at radius 2 is 1.90 bits per heavy atom. The number of likely N-dealkylation sites (N-methyl/N-ethyl adjacent to an activating group) is 1. The highest BCUT2D eigenvalue weighted by molar-refractivity contribution is 7.99. The molecule has 1 saturated heterocycles. The SMILES string of the molecule is CCOc1c(Nc2cc(C)[nH]n2)nc(Sc2ccc(NC(=O)C3CC3)cc2)nc1N1CCN(CCN(C)C)CC1. The molecule has 1 aliphatic heterocycles. The Hall–Kier alpha value is -3.35. The molecule has 1 amide bonds. The lowest BCUT2D eigenvalue weighted by Crippen LogP contribution is -2.48. The maximum absolute atomic E-state index is 12.1. The topological polar surface area (TPSA) is 115 Å². The number of aryl methyl sites for hydroxylation is 1. The zero-order chi connectivity index (χ0) is 28.1. The zero-order valence-corrected chi connectivity index (χ0v) is 24.6. The molecule has 0 radical (unpaired) electrons. The summed E-state index contributed by atoms with van der Waals surface area (Å²) in [6, 6.07) is 9.76. The highest BCUT2D eigenvalue weighted by Crippen LogP contribution is 2.39. The summed E-state index contributed by atoms with van der Waals surface area (Å²) in [4.78, 5) is 30.0. The number of aromatic amines is 1. The minimum Gasteiger partial charge on any atom is -0.487 e. The van der Waals surface area contributed by atoms with Crippen LogP contribution in [-0.2, 0) is 4.79 Å². The Morgan fingerprint density at radius 1 is 1.15 bits per heavy atom. The summed E-state index contributed by atoms with van der Waals surface area (Å²) >= 11 is 1.48. The fourth-order valence-electron chi connectivity index (χ4n) is 4.47. The van der Waals surface area contributed by atoms with Crippen LogP contribution in [0.5, 0.6) is 5.75 Å². The van der Waals surface area contributed by atoms with E-state index in [1.165, 1.54) is 11.8 Å². The summed E-state index contributed by atoms with van der Waals surface area (Å²) < 4.78 is 6.15. The van der Waals surface area contributed by atoms with Gasteiger partial charge in [-0.2, -0.15) is 5.10 Å². The van der Waals surface area contributed by atoms with Crippen molar-refractivity contribution in [3.63, 3.8) is 0 Å². The number of hydrogen-bond donors (Lipinski definition) is 3. The van der Waals surface area contributed by atoms with Gasteiger partial charge < -0.3 is 25.2 Å². The lowest BCUT2D eigenvalue weighted by molar-refractivity contribution is -0.117.